The van der Waals surface area contributed by atoms with E-state index >= 15 is 0 Å². The molecule has 0 spiro atoms. The maximum absolute atomic E-state index is 3.71. The molecule has 0 aliphatic carbocycles. The number of rotatable bonds is 6. The van der Waals surface area contributed by atoms with Crippen LogP contribution in [0.3, 0.4) is 0 Å². The van der Waals surface area contributed by atoms with Gasteiger partial charge in [-0.2, -0.15) is 0 Å². The number of hydrogen-bond donors (Lipinski definition) is 1. The summed E-state index contributed by atoms with van der Waals surface area (Å²) in [6, 6.07) is 6.93. The highest BCUT2D eigenvalue weighted by Crippen LogP contribution is 2.31. The maximum Gasteiger partial charge on any atom is 0.00967 e. The van der Waals surface area contributed by atoms with Crippen molar-refractivity contribution in [2.45, 2.75) is 73.3 Å². The molecular formula is C19H33N. The Kier molecular flexibility index (Phi) is 5.82. The van der Waals surface area contributed by atoms with Gasteiger partial charge in [-0.25, -0.2) is 0 Å². The Hall–Kier alpha value is -0.820. The van der Waals surface area contributed by atoms with Crippen LogP contribution in [0.15, 0.2) is 18.2 Å². The third-order valence-electron chi connectivity index (χ3n) is 4.64. The van der Waals surface area contributed by atoms with Crippen LogP contribution in [-0.2, 0) is 6.42 Å². The molecule has 1 aromatic rings. The fraction of sp³-hybridized carbons (Fsp3) is 0.684. The lowest BCUT2D eigenvalue weighted by molar-refractivity contribution is 0.220. The van der Waals surface area contributed by atoms with E-state index in [1.165, 1.54) is 36.0 Å². The summed E-state index contributed by atoms with van der Waals surface area (Å²) in [6.07, 6.45) is 3.61. The quantitative estimate of drug-likeness (QED) is 0.767. The van der Waals surface area contributed by atoms with E-state index in [-0.39, 0.29) is 5.54 Å². The van der Waals surface area contributed by atoms with Crippen molar-refractivity contribution >= 4 is 0 Å². The Morgan fingerprint density at radius 3 is 2.00 bits per heavy atom. The van der Waals surface area contributed by atoms with Crippen molar-refractivity contribution in [1.82, 2.24) is 5.32 Å². The minimum Gasteiger partial charge on any atom is -0.312 e. The van der Waals surface area contributed by atoms with Crippen LogP contribution in [0.25, 0.3) is 0 Å². The van der Waals surface area contributed by atoms with Gasteiger partial charge in [0.25, 0.3) is 0 Å². The zero-order chi connectivity index (χ0) is 15.4. The van der Waals surface area contributed by atoms with E-state index < -0.39 is 0 Å². The lowest BCUT2D eigenvalue weighted by Gasteiger charge is -2.36. The van der Waals surface area contributed by atoms with E-state index in [2.05, 4.69) is 72.0 Å². The second-order valence-corrected chi connectivity index (χ2v) is 7.41. The highest BCUT2D eigenvalue weighted by Gasteiger charge is 2.28. The number of aryl methyl sites for hydroxylation is 2. The molecule has 0 bridgehead atoms. The fourth-order valence-corrected chi connectivity index (χ4v) is 2.61. The first-order valence-corrected chi connectivity index (χ1v) is 8.02. The Balaban J connectivity index is 2.87. The summed E-state index contributed by atoms with van der Waals surface area (Å²) in [5, 5.41) is 3.71. The Morgan fingerprint density at radius 1 is 0.950 bits per heavy atom. The van der Waals surface area contributed by atoms with E-state index in [0.717, 1.165) is 6.54 Å². The van der Waals surface area contributed by atoms with Crippen molar-refractivity contribution < 1.29 is 0 Å². The van der Waals surface area contributed by atoms with E-state index in [0.29, 0.717) is 5.41 Å². The molecule has 0 unspecified atom stereocenters. The molecule has 0 aliphatic rings. The minimum atomic E-state index is 0.193. The summed E-state index contributed by atoms with van der Waals surface area (Å²) in [5.41, 5.74) is 4.84. The van der Waals surface area contributed by atoms with Gasteiger partial charge >= 0.3 is 0 Å². The summed E-state index contributed by atoms with van der Waals surface area (Å²) >= 11 is 0. The molecule has 0 aliphatic heterocycles. The molecule has 1 heteroatoms. The zero-order valence-corrected chi connectivity index (χ0v) is 14.6. The molecule has 0 heterocycles. The summed E-state index contributed by atoms with van der Waals surface area (Å²) in [5.74, 6) is 0. The molecule has 1 N–H and O–H groups in total. The minimum absolute atomic E-state index is 0.193. The van der Waals surface area contributed by atoms with Crippen molar-refractivity contribution in [2.24, 2.45) is 5.41 Å². The van der Waals surface area contributed by atoms with Crippen molar-refractivity contribution in [3.05, 3.63) is 34.9 Å². The molecule has 1 aromatic carbocycles. The monoisotopic (exact) mass is 275 g/mol. The van der Waals surface area contributed by atoms with E-state index in [1.54, 1.807) is 0 Å². The highest BCUT2D eigenvalue weighted by atomic mass is 15.0. The molecule has 0 amide bonds. The normalized spacial score (nSPS) is 12.8. The first-order chi connectivity index (χ1) is 9.21. The first-order valence-electron chi connectivity index (χ1n) is 8.02. The van der Waals surface area contributed by atoms with Gasteiger partial charge in [0.2, 0.25) is 0 Å². The molecular weight excluding hydrogens is 242 g/mol. The largest absolute Gasteiger partial charge is 0.312 e. The topological polar surface area (TPSA) is 12.0 Å². The van der Waals surface area contributed by atoms with Gasteiger partial charge in [0, 0.05) is 12.1 Å². The van der Waals surface area contributed by atoms with Crippen molar-refractivity contribution in [3.63, 3.8) is 0 Å². The number of hydrogen-bond acceptors (Lipinski definition) is 1. The number of nitrogens with one attached hydrogen (secondary N) is 1. The molecule has 1 rings (SSSR count). The predicted molar refractivity (Wildman–Crippen MR) is 90.4 cm³/mol. The first kappa shape index (κ1) is 17.2. The second kappa shape index (κ2) is 6.76. The fourth-order valence-electron chi connectivity index (χ4n) is 2.61. The van der Waals surface area contributed by atoms with Gasteiger partial charge in [-0.3, -0.25) is 0 Å². The van der Waals surface area contributed by atoms with E-state index in [4.69, 9.17) is 0 Å². The van der Waals surface area contributed by atoms with Crippen LogP contribution in [0.2, 0.25) is 0 Å². The molecule has 0 atom stereocenters. The van der Waals surface area contributed by atoms with Crippen molar-refractivity contribution in [3.8, 4) is 0 Å². The molecule has 114 valence electrons. The second-order valence-electron chi connectivity index (χ2n) is 7.41. The van der Waals surface area contributed by atoms with Crippen LogP contribution in [0.5, 0.6) is 0 Å². The lowest BCUT2D eigenvalue weighted by atomic mass is 9.76. The maximum atomic E-state index is 3.71. The van der Waals surface area contributed by atoms with Gasteiger partial charge in [-0.15, -0.1) is 0 Å². The van der Waals surface area contributed by atoms with Gasteiger partial charge in [0.15, 0.2) is 0 Å². The Labute approximate surface area is 126 Å². The van der Waals surface area contributed by atoms with E-state index in [9.17, 15) is 0 Å². The van der Waals surface area contributed by atoms with Gasteiger partial charge in [-0.05, 0) is 76.0 Å². The van der Waals surface area contributed by atoms with Gasteiger partial charge in [-0.1, -0.05) is 32.0 Å². The van der Waals surface area contributed by atoms with Crippen molar-refractivity contribution in [2.75, 3.05) is 6.54 Å². The lowest BCUT2D eigenvalue weighted by Crippen LogP contribution is -2.44. The van der Waals surface area contributed by atoms with E-state index in [1.807, 2.05) is 0 Å². The highest BCUT2D eigenvalue weighted by molar-refractivity contribution is 5.30. The summed E-state index contributed by atoms with van der Waals surface area (Å²) in [6.45, 7) is 16.9. The predicted octanol–water partition coefficient (Wildman–Crippen LogP) is 5.04. The van der Waals surface area contributed by atoms with Crippen LogP contribution in [0.1, 0.15) is 64.2 Å². The molecule has 20 heavy (non-hydrogen) atoms. The van der Waals surface area contributed by atoms with Gasteiger partial charge in [0.05, 0.1) is 0 Å². The smallest absolute Gasteiger partial charge is 0.00967 e. The van der Waals surface area contributed by atoms with Crippen LogP contribution < -0.4 is 5.32 Å². The molecule has 0 fully saturated rings. The molecule has 1 nitrogen and oxygen atoms in total. The third-order valence-corrected chi connectivity index (χ3v) is 4.64. The number of benzene rings is 1. The SMILES string of the molecule is CCC(CC)(CNC(C)(C)C)Cc1ccc(C)c(C)c1. The van der Waals surface area contributed by atoms with Crippen LogP contribution >= 0.6 is 0 Å². The van der Waals surface area contributed by atoms with Crippen molar-refractivity contribution in [1.29, 1.82) is 0 Å². The Morgan fingerprint density at radius 2 is 1.55 bits per heavy atom. The average Bonchev–Trinajstić information content (AvgIpc) is 2.38. The average molecular weight is 275 g/mol. The molecule has 0 saturated carbocycles. The van der Waals surface area contributed by atoms with Crippen LogP contribution in [0, 0.1) is 19.3 Å². The summed E-state index contributed by atoms with van der Waals surface area (Å²) in [7, 11) is 0. The van der Waals surface area contributed by atoms with Crippen LogP contribution in [0.4, 0.5) is 0 Å². The third kappa shape index (κ3) is 4.94. The summed E-state index contributed by atoms with van der Waals surface area (Å²) < 4.78 is 0. The van der Waals surface area contributed by atoms with Gasteiger partial charge in [0.1, 0.15) is 0 Å². The van der Waals surface area contributed by atoms with Gasteiger partial charge < -0.3 is 5.32 Å². The zero-order valence-electron chi connectivity index (χ0n) is 14.6. The molecule has 0 aromatic heterocycles. The standard InChI is InChI=1S/C19H33N/c1-8-19(9-2,14-20-18(5,6)7)13-17-11-10-15(3)16(4)12-17/h10-12,20H,8-9,13-14H2,1-7H3. The molecule has 0 saturated heterocycles. The Bertz CT molecular complexity index is 422. The van der Waals surface area contributed by atoms with Crippen LogP contribution in [-0.4, -0.2) is 12.1 Å². The summed E-state index contributed by atoms with van der Waals surface area (Å²) in [4.78, 5) is 0. The molecule has 0 radical (unpaired) electrons.